The predicted octanol–water partition coefficient (Wildman–Crippen LogP) is 12.8. The van der Waals surface area contributed by atoms with Crippen molar-refractivity contribution >= 4 is 63.0 Å². The van der Waals surface area contributed by atoms with Crippen LogP contribution in [0.25, 0.3) is 0 Å². The van der Waals surface area contributed by atoms with Gasteiger partial charge in [-0.3, -0.25) is 14.5 Å². The summed E-state index contributed by atoms with van der Waals surface area (Å²) in [4.78, 5) is 44.7. The van der Waals surface area contributed by atoms with Gasteiger partial charge in [0.1, 0.15) is 47.3 Å². The van der Waals surface area contributed by atoms with Crippen LogP contribution in [-0.4, -0.2) is 68.6 Å². The molecule has 4 atom stereocenters. The third kappa shape index (κ3) is 10.4. The van der Waals surface area contributed by atoms with Crippen LogP contribution >= 0.6 is 35.3 Å². The highest BCUT2D eigenvalue weighted by atomic mass is 32.2. The van der Waals surface area contributed by atoms with Crippen LogP contribution in [0.4, 0.5) is 5.13 Å². The summed E-state index contributed by atoms with van der Waals surface area (Å²) in [5.74, 6) is -1.05. The molecule has 2 saturated heterocycles. The molecule has 1 aromatic heterocycles. The van der Waals surface area contributed by atoms with Gasteiger partial charge >= 0.3 is 0 Å². The van der Waals surface area contributed by atoms with Gasteiger partial charge in [-0.05, 0) is 47.0 Å². The second kappa shape index (κ2) is 23.7. The van der Waals surface area contributed by atoms with Crippen LogP contribution in [0.1, 0.15) is 63.2 Å². The lowest BCUT2D eigenvalue weighted by Gasteiger charge is -2.52. The summed E-state index contributed by atoms with van der Waals surface area (Å²) in [6, 6.07) is 78.8. The number of ether oxygens (including phenoxy) is 3. The van der Waals surface area contributed by atoms with Crippen LogP contribution in [0.15, 0.2) is 264 Å². The number of aromatic nitrogens is 1. The minimum absolute atomic E-state index is 0.100. The Hall–Kier alpha value is -8.50. The molecule has 12 rings (SSSR count). The van der Waals surface area contributed by atoms with Crippen molar-refractivity contribution in [2.45, 2.75) is 46.9 Å². The summed E-state index contributed by atoms with van der Waals surface area (Å²) >= 11 is 9.13. The molecule has 9 aromatic rings. The normalized spacial score (nSPS) is 18.2. The number of benzene rings is 8. The van der Waals surface area contributed by atoms with Gasteiger partial charge in [-0.15, -0.1) is 23.1 Å². The fourth-order valence-corrected chi connectivity index (χ4v) is 13.6. The summed E-state index contributed by atoms with van der Waals surface area (Å²) in [6.07, 6.45) is -1.07. The molecule has 2 N–H and O–H groups in total. The molecule has 0 radical (unpaired) electrons. The highest BCUT2D eigenvalue weighted by molar-refractivity contribution is 8.00. The van der Waals surface area contributed by atoms with Crippen LogP contribution in [0.5, 0.6) is 0 Å². The number of oxime groups is 1. The molecule has 4 heterocycles. The zero-order chi connectivity index (χ0) is 55.2. The Kier molecular flexibility index (Phi) is 15.5. The fraction of sp³-hybridized carbons (Fsp3) is 0.149. The van der Waals surface area contributed by atoms with Crippen molar-refractivity contribution in [1.82, 2.24) is 15.2 Å². The lowest BCUT2D eigenvalue weighted by molar-refractivity contribution is -0.144. The largest absolute Gasteiger partial charge is 0.469 e. The minimum atomic E-state index is -1.36. The average molecular weight is 1120 g/mol. The molecular weight excluding hydrogens is 1070 g/mol. The van der Waals surface area contributed by atoms with E-state index in [9.17, 15) is 0 Å². The first-order chi connectivity index (χ1) is 39.8. The van der Waals surface area contributed by atoms with Gasteiger partial charge < -0.3 is 29.7 Å². The summed E-state index contributed by atoms with van der Waals surface area (Å²) in [7, 11) is 0. The SMILES string of the molecule is CC1S[C@@H]2C(NC(=O)/C(=N/OC(c3ccccc3)(c3ccccc3)c3ccccc3)c3csc(NC(c4ccccc4)(c4ccccc4)c4ccccc4)n3)C(=O)N2C(C(=S)OC(c2ccccc2)c2ccccc2)=C1C1COCO1. The Bertz CT molecular complexity index is 3450. The number of rotatable bonds is 18. The van der Waals surface area contributed by atoms with Crippen molar-refractivity contribution in [3.8, 4) is 0 Å². The standard InChI is InChI=1S/C67H55N5O6S3/c1-45-56(55-42-75-44-76-55)59(64(79)77-60(46-26-10-2-11-27-46)47-28-12-3-13-29-47)72-62(74)58(63(72)81-45)69-61(73)57(71-78-67(51-36-20-7-21-37-51,52-38-22-8-23-39-52)53-40-24-9-25-41-53)54-43-80-65(68-54)70-66(48-30-14-4-15-31-48,49-32-16-5-17-33-49)50-34-18-6-19-35-50/h2-41,43,45,55,58,60,63H,42,44H2,1H3,(H,68,70)(H,69,73)/b71-57+/t45?,55?,58?,63-/m1/s1. The molecule has 3 aliphatic rings. The topological polar surface area (TPSA) is 124 Å². The van der Waals surface area contributed by atoms with Crippen LogP contribution in [0.2, 0.25) is 0 Å². The maximum absolute atomic E-state index is 15.6. The van der Waals surface area contributed by atoms with Gasteiger partial charge in [-0.1, -0.05) is 248 Å². The van der Waals surface area contributed by atoms with Crippen molar-refractivity contribution < 1.29 is 28.6 Å². The Balaban J connectivity index is 0.943. The second-order valence-electron chi connectivity index (χ2n) is 19.7. The van der Waals surface area contributed by atoms with E-state index in [1.807, 2.05) is 206 Å². The Morgan fingerprint density at radius 3 is 1.56 bits per heavy atom. The molecular formula is C67H55N5O6S3. The number of thiazole rings is 1. The van der Waals surface area contributed by atoms with Gasteiger partial charge in [0.15, 0.2) is 10.8 Å². The van der Waals surface area contributed by atoms with Gasteiger partial charge in [-0.2, -0.15) is 0 Å². The molecule has 8 aromatic carbocycles. The molecule has 0 spiro atoms. The molecule has 402 valence electrons. The number of anilines is 1. The van der Waals surface area contributed by atoms with E-state index in [1.54, 1.807) is 10.3 Å². The molecule has 2 amide bonds. The maximum Gasteiger partial charge on any atom is 0.276 e. The highest BCUT2D eigenvalue weighted by Gasteiger charge is 2.57. The van der Waals surface area contributed by atoms with E-state index in [4.69, 9.17) is 41.4 Å². The number of hydrogen-bond donors (Lipinski definition) is 2. The first kappa shape index (κ1) is 53.2. The molecule has 3 unspecified atom stereocenters. The van der Waals surface area contributed by atoms with E-state index < -0.39 is 40.7 Å². The average Bonchev–Trinajstić information content (AvgIpc) is 4.33. The smallest absolute Gasteiger partial charge is 0.276 e. The number of carbonyl (C=O) groups is 2. The first-order valence-corrected chi connectivity index (χ1v) is 28.9. The third-order valence-corrected chi connectivity index (χ3v) is 17.4. The van der Waals surface area contributed by atoms with Crippen molar-refractivity contribution in [3.05, 3.63) is 310 Å². The number of nitrogens with one attached hydrogen (secondary N) is 2. The third-order valence-electron chi connectivity index (χ3n) is 14.9. The van der Waals surface area contributed by atoms with Crippen LogP contribution in [0, 0.1) is 0 Å². The van der Waals surface area contributed by atoms with E-state index in [0.29, 0.717) is 10.8 Å². The predicted molar refractivity (Wildman–Crippen MR) is 323 cm³/mol. The lowest BCUT2D eigenvalue weighted by Crippen LogP contribution is -2.71. The molecule has 14 heteroatoms. The van der Waals surface area contributed by atoms with Crippen molar-refractivity contribution in [2.24, 2.45) is 5.16 Å². The highest BCUT2D eigenvalue weighted by Crippen LogP contribution is 2.48. The van der Waals surface area contributed by atoms with Gasteiger partial charge in [0, 0.05) is 32.9 Å². The Labute approximate surface area is 484 Å². The van der Waals surface area contributed by atoms with Crippen LogP contribution in [0.3, 0.4) is 0 Å². The zero-order valence-electron chi connectivity index (χ0n) is 44.0. The summed E-state index contributed by atoms with van der Waals surface area (Å²) < 4.78 is 18.7. The van der Waals surface area contributed by atoms with Crippen molar-refractivity contribution in [3.63, 3.8) is 0 Å². The molecule has 0 saturated carbocycles. The van der Waals surface area contributed by atoms with E-state index in [-0.39, 0.29) is 41.0 Å². The molecule has 3 aliphatic heterocycles. The van der Waals surface area contributed by atoms with Gasteiger partial charge in [-0.25, -0.2) is 4.98 Å². The fourth-order valence-electron chi connectivity index (χ4n) is 11.1. The summed E-state index contributed by atoms with van der Waals surface area (Å²) in [5.41, 5.74) is 6.04. The zero-order valence-corrected chi connectivity index (χ0v) is 46.4. The molecule has 2 fully saturated rings. The Morgan fingerprint density at radius 2 is 1.11 bits per heavy atom. The number of hydrogen-bond acceptors (Lipinski definition) is 12. The van der Waals surface area contributed by atoms with E-state index in [2.05, 4.69) is 54.0 Å². The number of β-lactam (4-membered cyclic amide) rings is 1. The lowest BCUT2D eigenvalue weighted by atomic mass is 9.77. The monoisotopic (exact) mass is 1120 g/mol. The Morgan fingerprint density at radius 1 is 0.667 bits per heavy atom. The maximum atomic E-state index is 15.6. The van der Waals surface area contributed by atoms with E-state index >= 15 is 9.59 Å². The van der Waals surface area contributed by atoms with E-state index in [1.165, 1.54) is 23.1 Å². The summed E-state index contributed by atoms with van der Waals surface area (Å²) in [5, 5.41) is 13.5. The van der Waals surface area contributed by atoms with Crippen LogP contribution in [-0.2, 0) is 39.8 Å². The number of carbonyl (C=O) groups excluding carboxylic acids is 2. The van der Waals surface area contributed by atoms with Gasteiger partial charge in [0.2, 0.25) is 10.7 Å². The quantitative estimate of drug-likeness (QED) is 0.0282. The van der Waals surface area contributed by atoms with Crippen molar-refractivity contribution in [1.29, 1.82) is 0 Å². The number of fused-ring (bicyclic) bond motifs is 1. The number of nitrogens with zero attached hydrogens (tertiary/aromatic N) is 3. The molecule has 81 heavy (non-hydrogen) atoms. The van der Waals surface area contributed by atoms with Gasteiger partial charge in [0.25, 0.3) is 11.8 Å². The number of amides is 2. The molecule has 0 aliphatic carbocycles. The van der Waals surface area contributed by atoms with Crippen molar-refractivity contribution in [2.75, 3.05) is 18.7 Å². The summed E-state index contributed by atoms with van der Waals surface area (Å²) in [6.45, 7) is 2.43. The van der Waals surface area contributed by atoms with E-state index in [0.717, 1.165) is 50.1 Å². The molecule has 11 nitrogen and oxygen atoms in total. The second-order valence-corrected chi connectivity index (χ2v) is 22.4. The van der Waals surface area contributed by atoms with Crippen LogP contribution < -0.4 is 10.6 Å². The minimum Gasteiger partial charge on any atom is -0.469 e. The number of thioether (sulfide) groups is 1. The number of thiocarbonyl (C=S) groups is 1. The van der Waals surface area contributed by atoms with Gasteiger partial charge in [0.05, 0.1) is 6.61 Å². The molecule has 0 bridgehead atoms. The first-order valence-electron chi connectivity index (χ1n) is 26.7.